The number of nitrogens with zero attached hydrogens (tertiary/aromatic N) is 3. The van der Waals surface area contributed by atoms with E-state index in [1.807, 2.05) is 0 Å². The zero-order valence-corrected chi connectivity index (χ0v) is 15.3. The highest BCUT2D eigenvalue weighted by molar-refractivity contribution is 5.59. The zero-order chi connectivity index (χ0) is 20.2. The molecule has 0 saturated heterocycles. The number of ether oxygens (including phenoxy) is 2. The predicted molar refractivity (Wildman–Crippen MR) is 101 cm³/mol. The average molecular weight is 393 g/mol. The summed E-state index contributed by atoms with van der Waals surface area (Å²) in [4.78, 5) is 14.6. The lowest BCUT2D eigenvalue weighted by atomic mass is 10.2. The summed E-state index contributed by atoms with van der Waals surface area (Å²) < 4.78 is 21.7. The summed E-state index contributed by atoms with van der Waals surface area (Å²) in [5.74, 6) is 2.93. The first-order chi connectivity index (χ1) is 14.1. The highest BCUT2D eigenvalue weighted by Crippen LogP contribution is 2.26. The van der Waals surface area contributed by atoms with E-state index in [2.05, 4.69) is 10.1 Å². The van der Waals surface area contributed by atoms with Crippen molar-refractivity contribution in [1.82, 2.24) is 10.1 Å². The molecule has 0 bridgehead atoms. The molecular formula is C20H15N3O6. The molecule has 0 aliphatic rings. The molecule has 0 unspecified atom stereocenters. The normalized spacial score (nSPS) is 10.7. The Morgan fingerprint density at radius 3 is 2.41 bits per heavy atom. The Balaban J connectivity index is 1.43. The lowest BCUT2D eigenvalue weighted by Gasteiger charge is -2.05. The molecule has 0 aliphatic heterocycles. The molecule has 2 aromatic carbocycles. The molecule has 0 fully saturated rings. The van der Waals surface area contributed by atoms with Crippen molar-refractivity contribution in [2.75, 3.05) is 7.11 Å². The van der Waals surface area contributed by atoms with Crippen molar-refractivity contribution in [2.45, 2.75) is 6.61 Å². The molecule has 0 spiro atoms. The van der Waals surface area contributed by atoms with Crippen molar-refractivity contribution in [3.8, 4) is 34.5 Å². The molecule has 2 heterocycles. The minimum atomic E-state index is -0.468. The number of nitro benzene ring substituents is 1. The highest BCUT2D eigenvalue weighted by atomic mass is 16.6. The topological polar surface area (TPSA) is 114 Å². The van der Waals surface area contributed by atoms with Gasteiger partial charge in [0.1, 0.15) is 23.9 Å². The molecular weight excluding hydrogens is 378 g/mol. The molecule has 0 radical (unpaired) electrons. The van der Waals surface area contributed by atoms with Gasteiger partial charge in [-0.25, -0.2) is 0 Å². The molecule has 0 amide bonds. The SMILES string of the molecule is COc1ccc(OCc2ccc(-c3nc(-c4ccc([N+](=O)[O-])cc4)no3)o2)cc1. The van der Waals surface area contributed by atoms with Crippen LogP contribution in [-0.2, 0) is 6.61 Å². The largest absolute Gasteiger partial charge is 0.497 e. The van der Waals surface area contributed by atoms with Crippen molar-refractivity contribution >= 4 is 5.69 Å². The van der Waals surface area contributed by atoms with Gasteiger partial charge in [-0.15, -0.1) is 0 Å². The molecule has 0 atom stereocenters. The summed E-state index contributed by atoms with van der Waals surface area (Å²) in [6.07, 6.45) is 0. The van der Waals surface area contributed by atoms with Gasteiger partial charge in [-0.3, -0.25) is 10.1 Å². The number of nitro groups is 1. The van der Waals surface area contributed by atoms with Gasteiger partial charge in [-0.05, 0) is 48.5 Å². The Morgan fingerprint density at radius 2 is 1.72 bits per heavy atom. The molecule has 29 heavy (non-hydrogen) atoms. The Labute approximate surface area is 164 Å². The first-order valence-corrected chi connectivity index (χ1v) is 8.57. The van der Waals surface area contributed by atoms with Gasteiger partial charge in [0, 0.05) is 17.7 Å². The molecule has 4 aromatic rings. The van der Waals surface area contributed by atoms with Gasteiger partial charge < -0.3 is 18.4 Å². The number of methoxy groups -OCH3 is 1. The maximum atomic E-state index is 10.7. The third-order valence-electron chi connectivity index (χ3n) is 4.08. The number of benzene rings is 2. The molecule has 4 rings (SSSR count). The summed E-state index contributed by atoms with van der Waals surface area (Å²) in [6.45, 7) is 0.232. The number of aromatic nitrogens is 2. The van der Waals surface area contributed by atoms with Crippen LogP contribution in [0, 0.1) is 10.1 Å². The molecule has 0 aliphatic carbocycles. The number of hydrogen-bond acceptors (Lipinski definition) is 8. The van der Waals surface area contributed by atoms with Crippen LogP contribution in [0.25, 0.3) is 23.0 Å². The van der Waals surface area contributed by atoms with Crippen LogP contribution in [0.5, 0.6) is 11.5 Å². The van der Waals surface area contributed by atoms with Crippen molar-refractivity contribution in [3.63, 3.8) is 0 Å². The summed E-state index contributed by atoms with van der Waals surface area (Å²) in [5, 5.41) is 14.6. The molecule has 2 aromatic heterocycles. The summed E-state index contributed by atoms with van der Waals surface area (Å²) in [7, 11) is 1.60. The van der Waals surface area contributed by atoms with Gasteiger partial charge in [-0.1, -0.05) is 5.16 Å². The van der Waals surface area contributed by atoms with Crippen LogP contribution < -0.4 is 9.47 Å². The van der Waals surface area contributed by atoms with Crippen molar-refractivity contribution < 1.29 is 23.3 Å². The Bertz CT molecular complexity index is 1120. The maximum absolute atomic E-state index is 10.7. The van der Waals surface area contributed by atoms with E-state index >= 15 is 0 Å². The van der Waals surface area contributed by atoms with E-state index in [0.29, 0.717) is 28.7 Å². The predicted octanol–water partition coefficient (Wildman–Crippen LogP) is 4.49. The van der Waals surface area contributed by atoms with Crippen LogP contribution in [0.1, 0.15) is 5.76 Å². The van der Waals surface area contributed by atoms with Crippen LogP contribution in [0.4, 0.5) is 5.69 Å². The monoisotopic (exact) mass is 393 g/mol. The summed E-state index contributed by atoms with van der Waals surface area (Å²) in [6, 6.07) is 16.6. The van der Waals surface area contributed by atoms with Crippen molar-refractivity contribution in [2.24, 2.45) is 0 Å². The van der Waals surface area contributed by atoms with Crippen molar-refractivity contribution in [3.05, 3.63) is 76.5 Å². The van der Waals surface area contributed by atoms with E-state index in [0.717, 1.165) is 5.75 Å². The smallest absolute Gasteiger partial charge is 0.293 e. The molecule has 0 saturated carbocycles. The first kappa shape index (κ1) is 18.2. The van der Waals surface area contributed by atoms with E-state index < -0.39 is 4.92 Å². The van der Waals surface area contributed by atoms with Crippen LogP contribution in [-0.4, -0.2) is 22.2 Å². The fraction of sp³-hybridized carbons (Fsp3) is 0.100. The second-order valence-electron chi connectivity index (χ2n) is 5.96. The summed E-state index contributed by atoms with van der Waals surface area (Å²) in [5.41, 5.74) is 0.588. The molecule has 9 heteroatoms. The van der Waals surface area contributed by atoms with Gasteiger partial charge in [0.05, 0.1) is 12.0 Å². The number of furan rings is 1. The van der Waals surface area contributed by atoms with Gasteiger partial charge >= 0.3 is 0 Å². The van der Waals surface area contributed by atoms with E-state index in [4.69, 9.17) is 18.4 Å². The Kier molecular flexibility index (Phi) is 4.93. The van der Waals surface area contributed by atoms with Crippen LogP contribution >= 0.6 is 0 Å². The van der Waals surface area contributed by atoms with E-state index in [1.54, 1.807) is 55.6 Å². The number of non-ortho nitro benzene ring substituents is 1. The number of rotatable bonds is 7. The highest BCUT2D eigenvalue weighted by Gasteiger charge is 2.15. The van der Waals surface area contributed by atoms with Crippen LogP contribution in [0.3, 0.4) is 0 Å². The van der Waals surface area contributed by atoms with Gasteiger partial charge in [0.25, 0.3) is 11.6 Å². The second kappa shape index (κ2) is 7.85. The van der Waals surface area contributed by atoms with E-state index in [1.165, 1.54) is 12.1 Å². The molecule has 0 N–H and O–H groups in total. The van der Waals surface area contributed by atoms with E-state index in [9.17, 15) is 10.1 Å². The standard InChI is InChI=1S/C20H15N3O6/c1-26-15-6-8-16(9-7-15)27-12-17-10-11-18(28-17)20-21-19(22-29-20)13-2-4-14(5-3-13)23(24)25/h2-11H,12H2,1H3. The zero-order valence-electron chi connectivity index (χ0n) is 15.3. The fourth-order valence-corrected chi connectivity index (χ4v) is 2.57. The molecule has 146 valence electrons. The fourth-order valence-electron chi connectivity index (χ4n) is 2.57. The minimum absolute atomic E-state index is 0.00925. The third-order valence-corrected chi connectivity index (χ3v) is 4.08. The summed E-state index contributed by atoms with van der Waals surface area (Å²) >= 11 is 0. The van der Waals surface area contributed by atoms with Gasteiger partial charge in [0.2, 0.25) is 5.82 Å². The maximum Gasteiger partial charge on any atom is 0.293 e. The Hall–Kier alpha value is -4.14. The third kappa shape index (κ3) is 4.08. The van der Waals surface area contributed by atoms with Gasteiger partial charge in [0.15, 0.2) is 5.76 Å². The van der Waals surface area contributed by atoms with Crippen molar-refractivity contribution in [1.29, 1.82) is 0 Å². The van der Waals surface area contributed by atoms with Crippen LogP contribution in [0.2, 0.25) is 0 Å². The lowest BCUT2D eigenvalue weighted by molar-refractivity contribution is -0.384. The van der Waals surface area contributed by atoms with Crippen LogP contribution in [0.15, 0.2) is 69.6 Å². The first-order valence-electron chi connectivity index (χ1n) is 8.57. The lowest BCUT2D eigenvalue weighted by Crippen LogP contribution is -1.93. The minimum Gasteiger partial charge on any atom is -0.497 e. The Morgan fingerprint density at radius 1 is 1.00 bits per heavy atom. The molecule has 9 nitrogen and oxygen atoms in total. The second-order valence-corrected chi connectivity index (χ2v) is 5.96. The van der Waals surface area contributed by atoms with Gasteiger partial charge in [-0.2, -0.15) is 4.98 Å². The average Bonchev–Trinajstić information content (AvgIpc) is 3.42. The van der Waals surface area contributed by atoms with E-state index in [-0.39, 0.29) is 18.2 Å². The quantitative estimate of drug-likeness (QED) is 0.333. The number of hydrogen-bond donors (Lipinski definition) is 0.